The van der Waals surface area contributed by atoms with E-state index in [-0.39, 0.29) is 5.91 Å². The quantitative estimate of drug-likeness (QED) is 0.379. The second-order valence-electron chi connectivity index (χ2n) is 5.87. The van der Waals surface area contributed by atoms with Crippen molar-refractivity contribution in [2.24, 2.45) is 11.0 Å². The van der Waals surface area contributed by atoms with Crippen molar-refractivity contribution in [1.29, 1.82) is 0 Å². The highest BCUT2D eigenvalue weighted by Crippen LogP contribution is 2.48. The normalized spacial score (nSPS) is 25.2. The van der Waals surface area contributed by atoms with Gasteiger partial charge in [-0.15, -0.1) is 0 Å². The van der Waals surface area contributed by atoms with Crippen LogP contribution in [0.2, 0.25) is 0 Å². The van der Waals surface area contributed by atoms with Crippen molar-refractivity contribution in [2.75, 3.05) is 19.8 Å². The smallest absolute Gasteiger partial charge is 0.250 e. The molecule has 0 heterocycles. The van der Waals surface area contributed by atoms with Crippen LogP contribution in [0.4, 0.5) is 5.69 Å². The summed E-state index contributed by atoms with van der Waals surface area (Å²) >= 11 is 0. The van der Waals surface area contributed by atoms with Gasteiger partial charge in [0.05, 0.1) is 5.41 Å². The van der Waals surface area contributed by atoms with Crippen LogP contribution < -0.4 is 11.2 Å². The third-order valence-electron chi connectivity index (χ3n) is 3.72. The number of amides is 1. The maximum atomic E-state index is 12.5. The summed E-state index contributed by atoms with van der Waals surface area (Å²) in [6, 6.07) is 7.59. The number of rotatable bonds is 4. The van der Waals surface area contributed by atoms with Gasteiger partial charge in [-0.25, -0.2) is 5.43 Å². The van der Waals surface area contributed by atoms with E-state index in [9.17, 15) is 4.79 Å². The molecule has 0 unspecified atom stereocenters. The number of nitrogens with two attached hydrogens (primary N) is 1. The molecule has 0 saturated heterocycles. The molecule has 0 radical (unpaired) electrons. The summed E-state index contributed by atoms with van der Waals surface area (Å²) in [5.41, 5.74) is 9.66. The van der Waals surface area contributed by atoms with Gasteiger partial charge in [0.25, 0.3) is 5.91 Å². The van der Waals surface area contributed by atoms with Gasteiger partial charge < -0.3 is 10.6 Å². The maximum absolute atomic E-state index is 12.5. The highest BCUT2D eigenvalue weighted by atomic mass is 16.2. The third kappa shape index (κ3) is 2.76. The first-order valence-corrected chi connectivity index (χ1v) is 6.80. The standard InChI is InChI=1S/C15H22N4O/c1-11-8-15(9-11,12-5-4-6-13(16)7-12)14(20)18-17-10-19(2)3/h4-7,10-11H,8-9,16H2,1-3H3,(H,18,20)/b17-10-. The SMILES string of the molecule is CC1CC(C(=O)N/N=C\N(C)C)(c2cccc(N)c2)C1. The van der Waals surface area contributed by atoms with Gasteiger partial charge in [0.15, 0.2) is 0 Å². The van der Waals surface area contributed by atoms with E-state index in [2.05, 4.69) is 17.5 Å². The molecular formula is C15H22N4O. The number of hydrazone groups is 1. The first-order valence-electron chi connectivity index (χ1n) is 6.80. The topological polar surface area (TPSA) is 70.7 Å². The second-order valence-corrected chi connectivity index (χ2v) is 5.87. The molecule has 0 bridgehead atoms. The average Bonchev–Trinajstić information content (AvgIpc) is 2.34. The van der Waals surface area contributed by atoms with Crippen molar-refractivity contribution in [2.45, 2.75) is 25.2 Å². The molecule has 20 heavy (non-hydrogen) atoms. The number of benzene rings is 1. The monoisotopic (exact) mass is 274 g/mol. The number of nitrogens with zero attached hydrogens (tertiary/aromatic N) is 2. The Morgan fingerprint density at radius 3 is 2.75 bits per heavy atom. The van der Waals surface area contributed by atoms with Crippen LogP contribution in [0.25, 0.3) is 0 Å². The summed E-state index contributed by atoms with van der Waals surface area (Å²) in [6.07, 6.45) is 3.24. The van der Waals surface area contributed by atoms with E-state index in [1.165, 1.54) is 0 Å². The van der Waals surface area contributed by atoms with Crippen molar-refractivity contribution in [3.05, 3.63) is 29.8 Å². The fraction of sp³-hybridized carbons (Fsp3) is 0.467. The molecule has 1 aliphatic rings. The van der Waals surface area contributed by atoms with Crippen molar-refractivity contribution in [3.63, 3.8) is 0 Å². The minimum atomic E-state index is -0.488. The summed E-state index contributed by atoms with van der Waals surface area (Å²) in [7, 11) is 3.71. The lowest BCUT2D eigenvalue weighted by Gasteiger charge is -2.45. The van der Waals surface area contributed by atoms with E-state index >= 15 is 0 Å². The van der Waals surface area contributed by atoms with Crippen LogP contribution in [0, 0.1) is 5.92 Å². The van der Waals surface area contributed by atoms with Gasteiger partial charge in [0.2, 0.25) is 0 Å². The Balaban J connectivity index is 2.20. The predicted molar refractivity (Wildman–Crippen MR) is 81.3 cm³/mol. The van der Waals surface area contributed by atoms with Crippen LogP contribution in [0.15, 0.2) is 29.4 Å². The molecule has 3 N–H and O–H groups in total. The van der Waals surface area contributed by atoms with Gasteiger partial charge in [0, 0.05) is 19.8 Å². The molecule has 0 atom stereocenters. The fourth-order valence-corrected chi connectivity index (χ4v) is 2.83. The number of carbonyl (C=O) groups is 1. The Bertz CT molecular complexity index is 518. The second kappa shape index (κ2) is 5.53. The summed E-state index contributed by atoms with van der Waals surface area (Å²) in [4.78, 5) is 14.3. The van der Waals surface area contributed by atoms with Gasteiger partial charge >= 0.3 is 0 Å². The summed E-state index contributed by atoms with van der Waals surface area (Å²) < 4.78 is 0. The third-order valence-corrected chi connectivity index (χ3v) is 3.72. The number of nitrogens with one attached hydrogen (secondary N) is 1. The Hall–Kier alpha value is -2.04. The van der Waals surface area contributed by atoms with Crippen LogP contribution >= 0.6 is 0 Å². The summed E-state index contributed by atoms with van der Waals surface area (Å²) in [5.74, 6) is 0.485. The van der Waals surface area contributed by atoms with Gasteiger partial charge in [-0.3, -0.25) is 4.79 Å². The van der Waals surface area contributed by atoms with Gasteiger partial charge in [-0.05, 0) is 36.5 Å². The van der Waals surface area contributed by atoms with Crippen molar-refractivity contribution in [3.8, 4) is 0 Å². The Labute approximate surface area is 119 Å². The molecule has 0 aliphatic heterocycles. The molecule has 1 aliphatic carbocycles. The fourth-order valence-electron chi connectivity index (χ4n) is 2.83. The largest absolute Gasteiger partial charge is 0.399 e. The Morgan fingerprint density at radius 2 is 2.20 bits per heavy atom. The van der Waals surface area contributed by atoms with Crippen LogP contribution in [0.3, 0.4) is 0 Å². The molecule has 1 saturated carbocycles. The number of anilines is 1. The number of hydrogen-bond acceptors (Lipinski definition) is 3. The molecule has 1 aromatic carbocycles. The van der Waals surface area contributed by atoms with E-state index in [4.69, 9.17) is 5.73 Å². The summed E-state index contributed by atoms with van der Waals surface area (Å²) in [6.45, 7) is 2.15. The molecule has 1 fully saturated rings. The molecule has 2 rings (SSSR count). The lowest BCUT2D eigenvalue weighted by molar-refractivity contribution is -0.131. The van der Waals surface area contributed by atoms with Crippen molar-refractivity contribution >= 4 is 17.9 Å². The van der Waals surface area contributed by atoms with E-state index in [1.54, 1.807) is 11.2 Å². The molecule has 108 valence electrons. The average molecular weight is 274 g/mol. The van der Waals surface area contributed by atoms with Gasteiger partial charge in [-0.1, -0.05) is 19.1 Å². The Morgan fingerprint density at radius 1 is 1.50 bits per heavy atom. The molecule has 1 aromatic rings. The number of carbonyl (C=O) groups excluding carboxylic acids is 1. The van der Waals surface area contributed by atoms with Gasteiger partial charge in [-0.2, -0.15) is 5.10 Å². The molecule has 0 spiro atoms. The lowest BCUT2D eigenvalue weighted by atomic mass is 9.58. The van der Waals surface area contributed by atoms with E-state index in [1.807, 2.05) is 38.4 Å². The molecule has 1 amide bonds. The van der Waals surface area contributed by atoms with E-state index in [0.29, 0.717) is 11.6 Å². The van der Waals surface area contributed by atoms with Gasteiger partial charge in [0.1, 0.15) is 6.34 Å². The highest BCUT2D eigenvalue weighted by Gasteiger charge is 2.49. The molecule has 5 nitrogen and oxygen atoms in total. The van der Waals surface area contributed by atoms with Crippen LogP contribution in [-0.2, 0) is 10.2 Å². The maximum Gasteiger partial charge on any atom is 0.250 e. The zero-order valence-electron chi connectivity index (χ0n) is 12.3. The van der Waals surface area contributed by atoms with E-state index in [0.717, 1.165) is 18.4 Å². The zero-order valence-corrected chi connectivity index (χ0v) is 12.3. The molecular weight excluding hydrogens is 252 g/mol. The summed E-state index contributed by atoms with van der Waals surface area (Å²) in [5, 5.41) is 3.96. The van der Waals surface area contributed by atoms with Crippen LogP contribution in [0.1, 0.15) is 25.3 Å². The minimum Gasteiger partial charge on any atom is -0.399 e. The molecule has 5 heteroatoms. The highest BCUT2D eigenvalue weighted by molar-refractivity contribution is 5.89. The Kier molecular flexibility index (Phi) is 3.97. The first kappa shape index (κ1) is 14.4. The first-order chi connectivity index (χ1) is 9.44. The predicted octanol–water partition coefficient (Wildman–Crippen LogP) is 1.56. The number of hydrogen-bond donors (Lipinski definition) is 2. The number of nitrogen functional groups attached to an aromatic ring is 1. The van der Waals surface area contributed by atoms with Crippen LogP contribution in [-0.4, -0.2) is 31.2 Å². The van der Waals surface area contributed by atoms with Crippen molar-refractivity contribution < 1.29 is 4.79 Å². The van der Waals surface area contributed by atoms with E-state index < -0.39 is 5.41 Å². The molecule has 0 aromatic heterocycles. The zero-order chi connectivity index (χ0) is 14.8. The minimum absolute atomic E-state index is 0.0562. The lowest BCUT2D eigenvalue weighted by Crippen LogP contribution is -2.51. The van der Waals surface area contributed by atoms with Crippen LogP contribution in [0.5, 0.6) is 0 Å². The van der Waals surface area contributed by atoms with Crippen molar-refractivity contribution in [1.82, 2.24) is 10.3 Å².